The number of hydrogen-bond donors (Lipinski definition) is 0. The first-order valence-corrected chi connectivity index (χ1v) is 9.20. The van der Waals surface area contributed by atoms with Crippen molar-refractivity contribution in [2.75, 3.05) is 11.9 Å². The van der Waals surface area contributed by atoms with Crippen molar-refractivity contribution in [2.24, 2.45) is 0 Å². The summed E-state index contributed by atoms with van der Waals surface area (Å²) in [7, 11) is 2.19. The third kappa shape index (κ3) is 3.00. The number of benzene rings is 1. The quantitative estimate of drug-likeness (QED) is 0.808. The van der Waals surface area contributed by atoms with Gasteiger partial charge in [-0.15, -0.1) is 0 Å². The van der Waals surface area contributed by atoms with E-state index in [1.165, 1.54) is 36.1 Å². The lowest BCUT2D eigenvalue weighted by atomic mass is 9.95. The predicted molar refractivity (Wildman–Crippen MR) is 98.7 cm³/mol. The zero-order valence-corrected chi connectivity index (χ0v) is 14.7. The molecule has 1 saturated carbocycles. The maximum atomic E-state index is 6.06. The zero-order chi connectivity index (χ0) is 16.5. The van der Waals surface area contributed by atoms with E-state index in [1.807, 2.05) is 6.07 Å². The number of fused-ring (bicyclic) bond motifs is 1. The van der Waals surface area contributed by atoms with E-state index in [2.05, 4.69) is 49.2 Å². The summed E-state index contributed by atoms with van der Waals surface area (Å²) in [6.07, 6.45) is 7.59. The van der Waals surface area contributed by atoms with Crippen LogP contribution in [0.5, 0.6) is 5.88 Å². The fourth-order valence-corrected chi connectivity index (χ4v) is 3.90. The van der Waals surface area contributed by atoms with Crippen LogP contribution in [0.1, 0.15) is 44.6 Å². The second-order valence-electron chi connectivity index (χ2n) is 7.23. The first-order chi connectivity index (χ1) is 11.7. The molecule has 3 heteroatoms. The lowest BCUT2D eigenvalue weighted by molar-refractivity contribution is 0.201. The van der Waals surface area contributed by atoms with E-state index in [1.54, 1.807) is 0 Å². The van der Waals surface area contributed by atoms with E-state index in [0.717, 1.165) is 30.8 Å². The van der Waals surface area contributed by atoms with Gasteiger partial charge in [-0.1, -0.05) is 12.1 Å². The summed E-state index contributed by atoms with van der Waals surface area (Å²) in [5.41, 5.74) is 4.98. The number of nitrogens with zero attached hydrogens (tertiary/aromatic N) is 2. The van der Waals surface area contributed by atoms with Crippen LogP contribution < -0.4 is 9.64 Å². The van der Waals surface area contributed by atoms with Crippen LogP contribution in [-0.2, 0) is 6.42 Å². The Morgan fingerprint density at radius 1 is 1.08 bits per heavy atom. The van der Waals surface area contributed by atoms with E-state index in [4.69, 9.17) is 9.72 Å². The molecule has 1 unspecified atom stereocenters. The first kappa shape index (κ1) is 15.5. The molecular weight excluding hydrogens is 296 g/mol. The molecule has 3 nitrogen and oxygen atoms in total. The number of rotatable bonds is 3. The molecule has 1 atom stereocenters. The van der Waals surface area contributed by atoms with Crippen molar-refractivity contribution in [1.82, 2.24) is 4.98 Å². The van der Waals surface area contributed by atoms with E-state index in [0.29, 0.717) is 12.1 Å². The Morgan fingerprint density at radius 2 is 1.92 bits per heavy atom. The van der Waals surface area contributed by atoms with Gasteiger partial charge in [0, 0.05) is 30.4 Å². The number of aryl methyl sites for hydroxylation is 1. The number of aromatic nitrogens is 1. The van der Waals surface area contributed by atoms with E-state index < -0.39 is 0 Å². The Balaban J connectivity index is 1.59. The van der Waals surface area contributed by atoms with Crippen LogP contribution in [0.4, 0.5) is 5.69 Å². The predicted octanol–water partition coefficient (Wildman–Crippen LogP) is 4.84. The molecule has 2 aromatic rings. The normalized spacial score (nSPS) is 20.9. The van der Waals surface area contributed by atoms with Gasteiger partial charge in [0.05, 0.1) is 5.69 Å². The van der Waals surface area contributed by atoms with Gasteiger partial charge in [0.25, 0.3) is 0 Å². The molecule has 4 rings (SSSR count). The molecule has 1 aliphatic heterocycles. The van der Waals surface area contributed by atoms with Crippen LogP contribution in [0.2, 0.25) is 0 Å². The molecule has 1 aliphatic carbocycles. The Labute approximate surface area is 144 Å². The average Bonchev–Trinajstić information content (AvgIpc) is 3.11. The molecular formula is C21H26N2O. The zero-order valence-electron chi connectivity index (χ0n) is 14.7. The van der Waals surface area contributed by atoms with Gasteiger partial charge in [-0.05, 0) is 69.2 Å². The van der Waals surface area contributed by atoms with Crippen molar-refractivity contribution in [2.45, 2.75) is 57.6 Å². The largest absolute Gasteiger partial charge is 0.474 e. The molecule has 24 heavy (non-hydrogen) atoms. The Bertz CT molecular complexity index is 722. The summed E-state index contributed by atoms with van der Waals surface area (Å²) in [6, 6.07) is 13.5. The minimum Gasteiger partial charge on any atom is -0.474 e. The maximum Gasteiger partial charge on any atom is 0.214 e. The highest BCUT2D eigenvalue weighted by Gasteiger charge is 2.21. The molecule has 1 aromatic carbocycles. The van der Waals surface area contributed by atoms with Crippen LogP contribution in [0, 0.1) is 0 Å². The number of ether oxygens (including phenoxy) is 1. The fraction of sp³-hybridized carbons (Fsp3) is 0.476. The van der Waals surface area contributed by atoms with Gasteiger partial charge in [-0.3, -0.25) is 0 Å². The molecule has 126 valence electrons. The molecule has 0 bridgehead atoms. The highest BCUT2D eigenvalue weighted by atomic mass is 16.5. The third-order valence-electron chi connectivity index (χ3n) is 5.56. The Hall–Kier alpha value is -2.03. The number of hydrogen-bond acceptors (Lipinski definition) is 3. The van der Waals surface area contributed by atoms with Crippen LogP contribution in [-0.4, -0.2) is 24.2 Å². The minimum atomic E-state index is 0.353. The van der Waals surface area contributed by atoms with Crippen molar-refractivity contribution in [3.05, 3.63) is 42.0 Å². The van der Waals surface area contributed by atoms with Gasteiger partial charge < -0.3 is 9.64 Å². The second kappa shape index (κ2) is 6.46. The maximum absolute atomic E-state index is 6.06. The minimum absolute atomic E-state index is 0.353. The summed E-state index contributed by atoms with van der Waals surface area (Å²) >= 11 is 0. The van der Waals surface area contributed by atoms with Gasteiger partial charge in [0.15, 0.2) is 0 Å². The van der Waals surface area contributed by atoms with Crippen molar-refractivity contribution < 1.29 is 4.74 Å². The Kier molecular flexibility index (Phi) is 4.17. The Morgan fingerprint density at radius 3 is 2.75 bits per heavy atom. The monoisotopic (exact) mass is 322 g/mol. The lowest BCUT2D eigenvalue weighted by Gasteiger charge is -2.34. The third-order valence-corrected chi connectivity index (χ3v) is 5.56. The SMILES string of the molecule is CC1CCc2cc(-c3cccc(OC4CCCC4)n3)ccc2N1C. The molecule has 0 saturated heterocycles. The molecule has 2 aliphatic rings. The summed E-state index contributed by atoms with van der Waals surface area (Å²) in [5.74, 6) is 0.767. The molecule has 0 spiro atoms. The molecule has 1 aromatic heterocycles. The van der Waals surface area contributed by atoms with Crippen LogP contribution in [0.15, 0.2) is 36.4 Å². The molecule has 2 heterocycles. The summed E-state index contributed by atoms with van der Waals surface area (Å²) in [4.78, 5) is 7.14. The summed E-state index contributed by atoms with van der Waals surface area (Å²) in [5, 5.41) is 0. The topological polar surface area (TPSA) is 25.4 Å². The van der Waals surface area contributed by atoms with Gasteiger partial charge in [-0.2, -0.15) is 0 Å². The van der Waals surface area contributed by atoms with Crippen molar-refractivity contribution in [1.29, 1.82) is 0 Å². The first-order valence-electron chi connectivity index (χ1n) is 9.20. The van der Waals surface area contributed by atoms with Gasteiger partial charge in [-0.25, -0.2) is 4.98 Å². The molecule has 1 fully saturated rings. The van der Waals surface area contributed by atoms with E-state index in [9.17, 15) is 0 Å². The van der Waals surface area contributed by atoms with E-state index in [-0.39, 0.29) is 0 Å². The van der Waals surface area contributed by atoms with Gasteiger partial charge in [0.2, 0.25) is 5.88 Å². The highest BCUT2D eigenvalue weighted by Crippen LogP contribution is 2.33. The summed E-state index contributed by atoms with van der Waals surface area (Å²) < 4.78 is 6.06. The standard InChI is InChI=1S/C21H26N2O/c1-15-10-11-17-14-16(12-13-20(17)23(15)2)19-8-5-9-21(22-19)24-18-6-3-4-7-18/h5,8-9,12-15,18H,3-4,6-7,10-11H2,1-2H3. The molecule has 0 amide bonds. The van der Waals surface area contributed by atoms with Gasteiger partial charge in [0.1, 0.15) is 6.10 Å². The molecule has 0 N–H and O–H groups in total. The van der Waals surface area contributed by atoms with E-state index >= 15 is 0 Å². The van der Waals surface area contributed by atoms with Crippen LogP contribution in [0.25, 0.3) is 11.3 Å². The second-order valence-corrected chi connectivity index (χ2v) is 7.23. The van der Waals surface area contributed by atoms with Gasteiger partial charge >= 0.3 is 0 Å². The van der Waals surface area contributed by atoms with Crippen molar-refractivity contribution >= 4 is 5.69 Å². The number of anilines is 1. The van der Waals surface area contributed by atoms with Crippen molar-refractivity contribution in [3.63, 3.8) is 0 Å². The highest BCUT2D eigenvalue weighted by molar-refractivity contribution is 5.67. The number of pyridine rings is 1. The summed E-state index contributed by atoms with van der Waals surface area (Å²) in [6.45, 7) is 2.29. The van der Waals surface area contributed by atoms with Crippen molar-refractivity contribution in [3.8, 4) is 17.1 Å². The fourth-order valence-electron chi connectivity index (χ4n) is 3.90. The molecule has 0 radical (unpaired) electrons. The van der Waals surface area contributed by atoms with Crippen LogP contribution in [0.3, 0.4) is 0 Å². The van der Waals surface area contributed by atoms with Crippen LogP contribution >= 0.6 is 0 Å². The smallest absolute Gasteiger partial charge is 0.214 e. The lowest BCUT2D eigenvalue weighted by Crippen LogP contribution is -2.33. The average molecular weight is 322 g/mol.